The van der Waals surface area contributed by atoms with E-state index in [2.05, 4.69) is 15.3 Å². The van der Waals surface area contributed by atoms with Crippen LogP contribution in [-0.2, 0) is 0 Å². The zero-order chi connectivity index (χ0) is 14.5. The number of nitrogens with one attached hydrogen (secondary N) is 1. The molecule has 0 spiro atoms. The summed E-state index contributed by atoms with van der Waals surface area (Å²) >= 11 is 0. The third kappa shape index (κ3) is 2.93. The second kappa shape index (κ2) is 6.14. The van der Waals surface area contributed by atoms with Crippen LogP contribution in [-0.4, -0.2) is 23.6 Å². The third-order valence-corrected chi connectivity index (χ3v) is 2.43. The van der Waals surface area contributed by atoms with E-state index < -0.39 is 11.6 Å². The van der Waals surface area contributed by atoms with Gasteiger partial charge in [-0.25, -0.2) is 13.8 Å². The molecule has 0 saturated heterocycles. The van der Waals surface area contributed by atoms with Crippen LogP contribution in [0.15, 0.2) is 24.5 Å². The van der Waals surface area contributed by atoms with Gasteiger partial charge in [0.2, 0.25) is 5.75 Å². The molecule has 0 amide bonds. The average molecular weight is 281 g/mol. The predicted octanol–water partition coefficient (Wildman–Crippen LogP) is 2.99. The van der Waals surface area contributed by atoms with Crippen molar-refractivity contribution >= 4 is 5.82 Å². The van der Waals surface area contributed by atoms with Gasteiger partial charge in [0.05, 0.1) is 7.11 Å². The number of halogens is 2. The third-order valence-electron chi connectivity index (χ3n) is 2.43. The quantitative estimate of drug-likeness (QED) is 0.913. The monoisotopic (exact) mass is 281 g/mol. The average Bonchev–Trinajstić information content (AvgIpc) is 2.44. The molecule has 2 aromatic rings. The van der Waals surface area contributed by atoms with Gasteiger partial charge < -0.3 is 14.8 Å². The van der Waals surface area contributed by atoms with Gasteiger partial charge in [-0.15, -0.1) is 0 Å². The Morgan fingerprint density at radius 1 is 1.20 bits per heavy atom. The van der Waals surface area contributed by atoms with Crippen molar-refractivity contribution in [2.75, 3.05) is 19.0 Å². The van der Waals surface area contributed by atoms with Gasteiger partial charge in [-0.1, -0.05) is 0 Å². The van der Waals surface area contributed by atoms with Gasteiger partial charge in [0.25, 0.3) is 5.88 Å². The van der Waals surface area contributed by atoms with E-state index in [9.17, 15) is 8.78 Å². The summed E-state index contributed by atoms with van der Waals surface area (Å²) in [4.78, 5) is 7.94. The van der Waals surface area contributed by atoms with Crippen LogP contribution in [0.4, 0.5) is 14.6 Å². The van der Waals surface area contributed by atoms with Gasteiger partial charge in [-0.3, -0.25) is 0 Å². The normalized spacial score (nSPS) is 10.2. The van der Waals surface area contributed by atoms with Gasteiger partial charge in [0.15, 0.2) is 17.5 Å². The van der Waals surface area contributed by atoms with Crippen LogP contribution in [0.1, 0.15) is 6.92 Å². The molecular formula is C13H13F2N3O2. The van der Waals surface area contributed by atoms with Gasteiger partial charge in [0.1, 0.15) is 12.1 Å². The molecule has 2 rings (SSSR count). The van der Waals surface area contributed by atoms with Crippen LogP contribution >= 0.6 is 0 Å². The first-order valence-electron chi connectivity index (χ1n) is 5.91. The number of nitrogens with zero attached hydrogens (tertiary/aromatic N) is 2. The molecule has 5 nitrogen and oxygen atoms in total. The van der Waals surface area contributed by atoms with E-state index in [1.54, 1.807) is 0 Å². The maximum atomic E-state index is 13.1. The lowest BCUT2D eigenvalue weighted by molar-refractivity contribution is 0.367. The molecular weight excluding hydrogens is 268 g/mol. The van der Waals surface area contributed by atoms with E-state index in [4.69, 9.17) is 9.47 Å². The molecule has 7 heteroatoms. The second-order valence-electron chi connectivity index (χ2n) is 3.77. The Balaban J connectivity index is 2.32. The second-order valence-corrected chi connectivity index (χ2v) is 3.77. The van der Waals surface area contributed by atoms with Crippen molar-refractivity contribution in [3.63, 3.8) is 0 Å². The van der Waals surface area contributed by atoms with Crippen molar-refractivity contribution in [2.24, 2.45) is 0 Å². The fourth-order valence-electron chi connectivity index (χ4n) is 1.56. The van der Waals surface area contributed by atoms with Crippen LogP contribution in [0.3, 0.4) is 0 Å². The molecule has 1 aromatic carbocycles. The molecule has 0 radical (unpaired) electrons. The Morgan fingerprint density at radius 3 is 2.65 bits per heavy atom. The lowest BCUT2D eigenvalue weighted by Crippen LogP contribution is -2.04. The van der Waals surface area contributed by atoms with E-state index in [0.717, 1.165) is 12.1 Å². The Labute approximate surface area is 114 Å². The van der Waals surface area contributed by atoms with E-state index >= 15 is 0 Å². The summed E-state index contributed by atoms with van der Waals surface area (Å²) in [5, 5.41) is 2.98. The SMILES string of the molecule is CCNc1ncnc(Oc2ccc(F)c(F)c2)c1OC. The summed E-state index contributed by atoms with van der Waals surface area (Å²) in [6, 6.07) is 3.21. The van der Waals surface area contributed by atoms with Crippen LogP contribution in [0.2, 0.25) is 0 Å². The van der Waals surface area contributed by atoms with Crippen molar-refractivity contribution in [3.05, 3.63) is 36.2 Å². The fourth-order valence-corrected chi connectivity index (χ4v) is 1.56. The van der Waals surface area contributed by atoms with Gasteiger partial charge in [-0.05, 0) is 19.1 Å². The molecule has 1 heterocycles. The van der Waals surface area contributed by atoms with Gasteiger partial charge >= 0.3 is 0 Å². The van der Waals surface area contributed by atoms with Crippen LogP contribution < -0.4 is 14.8 Å². The number of methoxy groups -OCH3 is 1. The Bertz CT molecular complexity index is 608. The predicted molar refractivity (Wildman–Crippen MR) is 69.2 cm³/mol. The summed E-state index contributed by atoms with van der Waals surface area (Å²) in [5.74, 6) is -0.961. The summed E-state index contributed by atoms with van der Waals surface area (Å²) in [7, 11) is 1.44. The minimum absolute atomic E-state index is 0.114. The Kier molecular flexibility index (Phi) is 4.29. The maximum absolute atomic E-state index is 13.1. The number of anilines is 1. The highest BCUT2D eigenvalue weighted by Crippen LogP contribution is 2.34. The Morgan fingerprint density at radius 2 is 2.00 bits per heavy atom. The summed E-state index contributed by atoms with van der Waals surface area (Å²) < 4.78 is 36.6. The van der Waals surface area contributed by atoms with Gasteiger partial charge in [-0.2, -0.15) is 4.98 Å². The molecule has 0 bridgehead atoms. The molecule has 106 valence electrons. The molecule has 0 aliphatic rings. The molecule has 20 heavy (non-hydrogen) atoms. The summed E-state index contributed by atoms with van der Waals surface area (Å²) in [6.07, 6.45) is 1.29. The topological polar surface area (TPSA) is 56.3 Å². The van der Waals surface area contributed by atoms with E-state index in [0.29, 0.717) is 18.1 Å². The molecule has 0 aliphatic carbocycles. The van der Waals surface area contributed by atoms with Crippen LogP contribution in [0.25, 0.3) is 0 Å². The van der Waals surface area contributed by atoms with Crippen molar-refractivity contribution in [1.82, 2.24) is 9.97 Å². The van der Waals surface area contributed by atoms with Gasteiger partial charge in [0, 0.05) is 12.6 Å². The first-order chi connectivity index (χ1) is 9.65. The highest BCUT2D eigenvalue weighted by molar-refractivity contribution is 5.55. The number of rotatable bonds is 5. The lowest BCUT2D eigenvalue weighted by atomic mass is 10.3. The molecule has 0 saturated carbocycles. The molecule has 1 N–H and O–H groups in total. The van der Waals surface area contributed by atoms with E-state index in [1.165, 1.54) is 19.5 Å². The summed E-state index contributed by atoms with van der Waals surface area (Å²) in [6.45, 7) is 2.54. The number of hydrogen-bond acceptors (Lipinski definition) is 5. The number of hydrogen-bond donors (Lipinski definition) is 1. The number of ether oxygens (including phenoxy) is 2. The van der Waals surface area contributed by atoms with Crippen LogP contribution in [0, 0.1) is 11.6 Å². The highest BCUT2D eigenvalue weighted by Gasteiger charge is 2.14. The lowest BCUT2D eigenvalue weighted by Gasteiger charge is -2.12. The van der Waals surface area contributed by atoms with Crippen molar-refractivity contribution in [3.8, 4) is 17.4 Å². The standard InChI is InChI=1S/C13H13F2N3O2/c1-3-16-12-11(19-2)13(18-7-17-12)20-8-4-5-9(14)10(15)6-8/h4-7H,3H2,1-2H3,(H,16,17,18). The molecule has 0 aliphatic heterocycles. The zero-order valence-electron chi connectivity index (χ0n) is 11.0. The minimum Gasteiger partial charge on any atom is -0.489 e. The minimum atomic E-state index is -0.998. The summed E-state index contributed by atoms with van der Waals surface area (Å²) in [5.41, 5.74) is 0. The largest absolute Gasteiger partial charge is 0.489 e. The first-order valence-corrected chi connectivity index (χ1v) is 5.91. The fraction of sp³-hybridized carbons (Fsp3) is 0.231. The van der Waals surface area contributed by atoms with Crippen molar-refractivity contribution in [2.45, 2.75) is 6.92 Å². The highest BCUT2D eigenvalue weighted by atomic mass is 19.2. The number of aromatic nitrogens is 2. The molecule has 1 aromatic heterocycles. The van der Waals surface area contributed by atoms with Crippen molar-refractivity contribution < 1.29 is 18.3 Å². The van der Waals surface area contributed by atoms with E-state index in [1.807, 2.05) is 6.92 Å². The first kappa shape index (κ1) is 14.0. The molecule has 0 unspecified atom stereocenters. The van der Waals surface area contributed by atoms with Crippen LogP contribution in [0.5, 0.6) is 17.4 Å². The Hall–Kier alpha value is -2.44. The molecule has 0 fully saturated rings. The smallest absolute Gasteiger partial charge is 0.268 e. The zero-order valence-corrected chi connectivity index (χ0v) is 11.0. The number of benzene rings is 1. The van der Waals surface area contributed by atoms with E-state index in [-0.39, 0.29) is 11.6 Å². The maximum Gasteiger partial charge on any atom is 0.268 e. The van der Waals surface area contributed by atoms with Crippen molar-refractivity contribution in [1.29, 1.82) is 0 Å². The molecule has 0 atom stereocenters.